The number of nitrogens with zero attached hydrogens (tertiary/aromatic N) is 1. The normalized spacial score (nSPS) is 13.0. The number of hydrogen-bond donors (Lipinski definition) is 1. The van der Waals surface area contributed by atoms with Crippen molar-refractivity contribution in [2.24, 2.45) is 0 Å². The van der Waals surface area contributed by atoms with E-state index < -0.39 is 6.10 Å². The van der Waals surface area contributed by atoms with Crippen molar-refractivity contribution in [1.29, 1.82) is 0 Å². The van der Waals surface area contributed by atoms with Crippen molar-refractivity contribution < 1.29 is 5.11 Å². The number of aliphatic hydroxyl groups is 1. The highest BCUT2D eigenvalue weighted by atomic mass is 32.1. The van der Waals surface area contributed by atoms with Crippen molar-refractivity contribution in [2.45, 2.75) is 19.4 Å². The molecule has 0 radical (unpaired) electrons. The van der Waals surface area contributed by atoms with E-state index in [9.17, 15) is 5.11 Å². The number of aryl methyl sites for hydroxylation is 1. The molecule has 0 fully saturated rings. The smallest absolute Gasteiger partial charge is 0.122 e. The molecule has 0 aliphatic rings. The molecule has 2 heterocycles. The fourth-order valence-corrected chi connectivity index (χ4v) is 3.77. The summed E-state index contributed by atoms with van der Waals surface area (Å²) >= 11 is 3.26. The highest BCUT2D eigenvalue weighted by Crippen LogP contribution is 2.30. The van der Waals surface area contributed by atoms with E-state index in [0.717, 1.165) is 10.7 Å². The molecule has 0 bridgehead atoms. The quantitative estimate of drug-likeness (QED) is 0.785. The van der Waals surface area contributed by atoms with Crippen LogP contribution in [0.5, 0.6) is 0 Å². The molecule has 0 aliphatic heterocycles. The van der Waals surface area contributed by atoms with Crippen molar-refractivity contribution in [2.75, 3.05) is 0 Å². The third-order valence-electron chi connectivity index (χ3n) is 2.90. The minimum atomic E-state index is -0.498. The summed E-state index contributed by atoms with van der Waals surface area (Å²) in [5.74, 6) is 0. The van der Waals surface area contributed by atoms with Gasteiger partial charge in [0.25, 0.3) is 0 Å². The number of benzene rings is 1. The van der Waals surface area contributed by atoms with Crippen LogP contribution in [0.4, 0.5) is 0 Å². The molecule has 1 unspecified atom stereocenters. The summed E-state index contributed by atoms with van der Waals surface area (Å²) in [4.78, 5) is 4.34. The average Bonchev–Trinajstić information content (AvgIpc) is 2.97. The molecule has 0 aliphatic carbocycles. The standard InChI is InChI=1S/C14H13NOS2/c1-9-7-18-14(15-9)12(16)6-10-8-17-13-5-3-2-4-11(10)13/h2-5,7-8,12,16H,6H2,1H3. The Kier molecular flexibility index (Phi) is 3.16. The predicted octanol–water partition coefficient (Wildman–Crippen LogP) is 3.94. The molecule has 1 N–H and O–H groups in total. The summed E-state index contributed by atoms with van der Waals surface area (Å²) < 4.78 is 1.27. The van der Waals surface area contributed by atoms with Crippen LogP contribution in [0.2, 0.25) is 0 Å². The van der Waals surface area contributed by atoms with Crippen molar-refractivity contribution in [3.8, 4) is 0 Å². The Hall–Kier alpha value is -1.23. The van der Waals surface area contributed by atoms with Gasteiger partial charge in [0.05, 0.1) is 0 Å². The Bertz CT molecular complexity index is 671. The second kappa shape index (κ2) is 4.80. The van der Waals surface area contributed by atoms with E-state index in [4.69, 9.17) is 0 Å². The highest BCUT2D eigenvalue weighted by Gasteiger charge is 2.14. The number of hydrogen-bond acceptors (Lipinski definition) is 4. The number of thiazole rings is 1. The van der Waals surface area contributed by atoms with Crippen LogP contribution in [-0.4, -0.2) is 10.1 Å². The lowest BCUT2D eigenvalue weighted by Gasteiger charge is -2.06. The lowest BCUT2D eigenvalue weighted by Crippen LogP contribution is -2.00. The van der Waals surface area contributed by atoms with E-state index in [1.54, 1.807) is 11.3 Å². The lowest BCUT2D eigenvalue weighted by atomic mass is 10.1. The largest absolute Gasteiger partial charge is 0.386 e. The van der Waals surface area contributed by atoms with Gasteiger partial charge in [0.1, 0.15) is 11.1 Å². The molecular weight excluding hydrogens is 262 g/mol. The second-order valence-corrected chi connectivity index (χ2v) is 6.11. The van der Waals surface area contributed by atoms with Crippen molar-refractivity contribution in [1.82, 2.24) is 4.98 Å². The van der Waals surface area contributed by atoms with Gasteiger partial charge < -0.3 is 5.11 Å². The van der Waals surface area contributed by atoms with Gasteiger partial charge in [0, 0.05) is 22.2 Å². The maximum absolute atomic E-state index is 10.2. The molecule has 2 nitrogen and oxygen atoms in total. The molecule has 1 atom stereocenters. The first-order valence-corrected chi connectivity index (χ1v) is 7.55. The zero-order valence-corrected chi connectivity index (χ0v) is 11.6. The highest BCUT2D eigenvalue weighted by molar-refractivity contribution is 7.17. The van der Waals surface area contributed by atoms with E-state index in [0.29, 0.717) is 6.42 Å². The summed E-state index contributed by atoms with van der Waals surface area (Å²) in [7, 11) is 0. The number of rotatable bonds is 3. The fourth-order valence-electron chi connectivity index (χ4n) is 2.01. The zero-order valence-electron chi connectivity index (χ0n) is 9.96. The molecule has 0 saturated heterocycles. The van der Waals surface area contributed by atoms with Crippen LogP contribution in [0, 0.1) is 6.92 Å². The molecule has 92 valence electrons. The molecule has 0 spiro atoms. The summed E-state index contributed by atoms with van der Waals surface area (Å²) in [5, 5.41) is 16.4. The summed E-state index contributed by atoms with van der Waals surface area (Å²) in [6.45, 7) is 1.95. The minimum absolute atomic E-state index is 0.498. The maximum Gasteiger partial charge on any atom is 0.122 e. The number of aliphatic hydroxyl groups excluding tert-OH is 1. The molecule has 0 saturated carbocycles. The van der Waals surface area contributed by atoms with Crippen LogP contribution in [-0.2, 0) is 6.42 Å². The maximum atomic E-state index is 10.2. The number of thiophene rings is 1. The lowest BCUT2D eigenvalue weighted by molar-refractivity contribution is 0.178. The van der Waals surface area contributed by atoms with Gasteiger partial charge in [-0.2, -0.15) is 0 Å². The third-order valence-corrected chi connectivity index (χ3v) is 4.97. The van der Waals surface area contributed by atoms with Gasteiger partial charge in [-0.25, -0.2) is 4.98 Å². The Morgan fingerprint density at radius 2 is 2.06 bits per heavy atom. The van der Waals surface area contributed by atoms with Crippen LogP contribution in [0.25, 0.3) is 10.1 Å². The Balaban J connectivity index is 1.88. The zero-order chi connectivity index (χ0) is 12.5. The van der Waals surface area contributed by atoms with Gasteiger partial charge in [-0.15, -0.1) is 22.7 Å². The van der Waals surface area contributed by atoms with E-state index in [2.05, 4.69) is 22.5 Å². The fraction of sp³-hybridized carbons (Fsp3) is 0.214. The van der Waals surface area contributed by atoms with Gasteiger partial charge in [-0.1, -0.05) is 18.2 Å². The van der Waals surface area contributed by atoms with E-state index in [1.165, 1.54) is 27.0 Å². The van der Waals surface area contributed by atoms with Crippen molar-refractivity contribution in [3.05, 3.63) is 51.3 Å². The predicted molar refractivity (Wildman–Crippen MR) is 77.3 cm³/mol. The molecule has 4 heteroatoms. The van der Waals surface area contributed by atoms with Crippen molar-refractivity contribution in [3.63, 3.8) is 0 Å². The molecular formula is C14H13NOS2. The van der Waals surface area contributed by atoms with Gasteiger partial charge >= 0.3 is 0 Å². The van der Waals surface area contributed by atoms with Crippen LogP contribution >= 0.6 is 22.7 Å². The summed E-state index contributed by atoms with van der Waals surface area (Å²) in [6.07, 6.45) is 0.137. The molecule has 18 heavy (non-hydrogen) atoms. The van der Waals surface area contributed by atoms with Crippen LogP contribution in [0.3, 0.4) is 0 Å². The summed E-state index contributed by atoms with van der Waals surface area (Å²) in [5.41, 5.74) is 2.18. The number of aromatic nitrogens is 1. The molecule has 1 aromatic carbocycles. The Labute approximate surface area is 114 Å². The minimum Gasteiger partial charge on any atom is -0.386 e. The Morgan fingerprint density at radius 3 is 2.83 bits per heavy atom. The van der Waals surface area contributed by atoms with E-state index in [1.807, 2.05) is 24.4 Å². The van der Waals surface area contributed by atoms with Gasteiger partial charge in [0.2, 0.25) is 0 Å². The first-order valence-electron chi connectivity index (χ1n) is 5.79. The van der Waals surface area contributed by atoms with Crippen LogP contribution < -0.4 is 0 Å². The first kappa shape index (κ1) is 11.8. The topological polar surface area (TPSA) is 33.1 Å². The van der Waals surface area contributed by atoms with E-state index in [-0.39, 0.29) is 0 Å². The molecule has 3 rings (SSSR count). The second-order valence-electron chi connectivity index (χ2n) is 4.30. The monoisotopic (exact) mass is 275 g/mol. The van der Waals surface area contributed by atoms with Crippen LogP contribution in [0.1, 0.15) is 22.4 Å². The van der Waals surface area contributed by atoms with Gasteiger partial charge in [-0.05, 0) is 29.3 Å². The third kappa shape index (κ3) is 2.19. The molecule has 3 aromatic rings. The SMILES string of the molecule is Cc1csc(C(O)Cc2csc3ccccc23)n1. The Morgan fingerprint density at radius 1 is 1.22 bits per heavy atom. The van der Waals surface area contributed by atoms with Crippen LogP contribution in [0.15, 0.2) is 35.0 Å². The molecule has 2 aromatic heterocycles. The number of fused-ring (bicyclic) bond motifs is 1. The first-order chi connectivity index (χ1) is 8.74. The van der Waals surface area contributed by atoms with E-state index >= 15 is 0 Å². The van der Waals surface area contributed by atoms with Gasteiger partial charge in [-0.3, -0.25) is 0 Å². The molecule has 0 amide bonds. The van der Waals surface area contributed by atoms with Crippen molar-refractivity contribution >= 4 is 32.8 Å². The average molecular weight is 275 g/mol. The summed E-state index contributed by atoms with van der Waals surface area (Å²) in [6, 6.07) is 8.31. The van der Waals surface area contributed by atoms with Gasteiger partial charge in [0.15, 0.2) is 0 Å².